The molecule has 4 N–H and O–H groups in total. The number of urea groups is 1. The van der Waals surface area contributed by atoms with Crippen molar-refractivity contribution < 1.29 is 36.5 Å². The maximum absolute atomic E-state index is 12.8. The normalized spacial score (nSPS) is 20.1. The van der Waals surface area contributed by atoms with E-state index in [2.05, 4.69) is 30.5 Å². The second-order valence-electron chi connectivity index (χ2n) is 6.81. The predicted octanol–water partition coefficient (Wildman–Crippen LogP) is -1.62. The molecule has 1 aromatic heterocycles. The minimum absolute atomic E-state index is 0.00132. The fourth-order valence-electron chi connectivity index (χ4n) is 3.46. The zero-order valence-corrected chi connectivity index (χ0v) is 18.1. The summed E-state index contributed by atoms with van der Waals surface area (Å²) in [5.74, 6) is -0.201. The summed E-state index contributed by atoms with van der Waals surface area (Å²) in [6.07, 6.45) is 0.540. The van der Waals surface area contributed by atoms with Crippen molar-refractivity contribution in [2.75, 3.05) is 26.7 Å². The number of rotatable bonds is 7. The molecule has 2 aliphatic rings. The first-order chi connectivity index (χ1) is 15.0. The van der Waals surface area contributed by atoms with E-state index in [4.69, 9.17) is 9.39 Å². The first-order valence-electron chi connectivity index (χ1n) is 9.27. The Balaban J connectivity index is 1.82. The molecule has 0 aliphatic carbocycles. The van der Waals surface area contributed by atoms with Crippen LogP contribution in [-0.2, 0) is 31.4 Å². The predicted molar refractivity (Wildman–Crippen MR) is 105 cm³/mol. The van der Waals surface area contributed by atoms with Gasteiger partial charge in [-0.3, -0.25) is 18.9 Å². The van der Waals surface area contributed by atoms with Crippen LogP contribution >= 0.6 is 0 Å². The summed E-state index contributed by atoms with van der Waals surface area (Å²) in [6.45, 7) is 1.64. The second-order valence-corrected chi connectivity index (χ2v) is 7.81. The van der Waals surface area contributed by atoms with Crippen LogP contribution in [0.4, 0.5) is 9.59 Å². The highest BCUT2D eigenvalue weighted by Gasteiger charge is 2.53. The Labute approximate surface area is 182 Å². The topological polar surface area (TPSA) is 197 Å². The van der Waals surface area contributed by atoms with E-state index in [1.165, 1.54) is 29.7 Å². The van der Waals surface area contributed by atoms with Crippen LogP contribution in [0.25, 0.3) is 0 Å². The molecule has 1 fully saturated rings. The standard InChI is InChI=1S/C15H22N8O8S/c1-8(24)17-4-5-18-14(25)30-20-13(16-2)12-11-9(6-19-21(11)3)10-7-22(12)15(26)23(10)31-32(27,28)29/h6,10,12H,4-5,7H2,1-3H3,(H,16,20)(H,17,24)(H,18,25)(H,27,28,29)/t10-,12-/m0/s1. The molecule has 17 heteroatoms. The van der Waals surface area contributed by atoms with Crippen molar-refractivity contribution in [3.05, 3.63) is 17.5 Å². The molecule has 2 aliphatic heterocycles. The van der Waals surface area contributed by atoms with E-state index in [0.29, 0.717) is 16.3 Å². The first kappa shape index (κ1) is 23.2. The summed E-state index contributed by atoms with van der Waals surface area (Å²) in [5, 5.41) is 16.1. The van der Waals surface area contributed by atoms with Crippen molar-refractivity contribution in [1.29, 1.82) is 0 Å². The molecule has 0 spiro atoms. The molecule has 3 rings (SSSR count). The zero-order valence-electron chi connectivity index (χ0n) is 17.3. The molecule has 0 saturated carbocycles. The van der Waals surface area contributed by atoms with Gasteiger partial charge in [0.2, 0.25) is 5.91 Å². The van der Waals surface area contributed by atoms with Crippen LogP contribution in [0, 0.1) is 0 Å². The van der Waals surface area contributed by atoms with Gasteiger partial charge in [0.15, 0.2) is 5.84 Å². The van der Waals surface area contributed by atoms with E-state index in [-0.39, 0.29) is 31.4 Å². The summed E-state index contributed by atoms with van der Waals surface area (Å²) in [7, 11) is -1.85. The average Bonchev–Trinajstić information content (AvgIpc) is 3.21. The molecule has 0 unspecified atom stereocenters. The van der Waals surface area contributed by atoms with E-state index in [0.717, 1.165) is 0 Å². The quantitative estimate of drug-likeness (QED) is 0.0890. The van der Waals surface area contributed by atoms with Gasteiger partial charge in [-0.05, 0) is 0 Å². The van der Waals surface area contributed by atoms with Crippen LogP contribution in [0.1, 0.15) is 30.3 Å². The number of hydrogen-bond acceptors (Lipinski definition) is 9. The number of aryl methyl sites for hydroxylation is 1. The molecule has 176 valence electrons. The number of carbonyl (C=O) groups is 3. The van der Waals surface area contributed by atoms with Crippen LogP contribution in [0.15, 0.2) is 11.4 Å². The fraction of sp³-hybridized carbons (Fsp3) is 0.533. The highest BCUT2D eigenvalue weighted by molar-refractivity contribution is 7.80. The van der Waals surface area contributed by atoms with Crippen molar-refractivity contribution in [2.24, 2.45) is 12.2 Å². The van der Waals surface area contributed by atoms with Gasteiger partial charge in [-0.15, -0.1) is 4.28 Å². The Morgan fingerprint density at radius 3 is 2.66 bits per heavy atom. The number of amidine groups is 1. The Bertz CT molecular complexity index is 1050. The van der Waals surface area contributed by atoms with Gasteiger partial charge in [0.1, 0.15) is 12.1 Å². The number of fused-ring (bicyclic) bond motifs is 4. The number of oxime groups is 1. The van der Waals surface area contributed by atoms with E-state index >= 15 is 0 Å². The number of likely N-dealkylation sites (N-methyl/N-ethyl adjacent to an activating group) is 1. The van der Waals surface area contributed by atoms with Crippen molar-refractivity contribution in [2.45, 2.75) is 19.0 Å². The third-order valence-corrected chi connectivity index (χ3v) is 5.06. The lowest BCUT2D eigenvalue weighted by Crippen LogP contribution is -2.44. The van der Waals surface area contributed by atoms with Crippen molar-refractivity contribution in [1.82, 2.24) is 35.7 Å². The van der Waals surface area contributed by atoms with Crippen molar-refractivity contribution >= 4 is 34.3 Å². The highest BCUT2D eigenvalue weighted by atomic mass is 32.3. The van der Waals surface area contributed by atoms with Gasteiger partial charge >= 0.3 is 22.5 Å². The molecule has 1 saturated heterocycles. The molecule has 2 atom stereocenters. The number of aromatic nitrogens is 2. The number of hydrogen-bond donors (Lipinski definition) is 4. The highest BCUT2D eigenvalue weighted by Crippen LogP contribution is 2.44. The summed E-state index contributed by atoms with van der Waals surface area (Å²) in [6, 6.07) is -2.62. The second kappa shape index (κ2) is 8.97. The maximum Gasteiger partial charge on any atom is 0.433 e. The van der Waals surface area contributed by atoms with Gasteiger partial charge in [-0.1, -0.05) is 5.16 Å². The Kier molecular flexibility index (Phi) is 6.51. The molecule has 32 heavy (non-hydrogen) atoms. The minimum Gasteiger partial charge on any atom is -0.372 e. The summed E-state index contributed by atoms with van der Waals surface area (Å²) in [5.41, 5.74) is 0.935. The lowest BCUT2D eigenvalue weighted by atomic mass is 9.97. The van der Waals surface area contributed by atoms with E-state index in [1.807, 2.05) is 0 Å². The molecular weight excluding hydrogens is 452 g/mol. The van der Waals surface area contributed by atoms with Crippen molar-refractivity contribution in [3.63, 3.8) is 0 Å². The Morgan fingerprint density at radius 1 is 1.34 bits per heavy atom. The van der Waals surface area contributed by atoms with Crippen LogP contribution in [-0.4, -0.2) is 83.3 Å². The third kappa shape index (κ3) is 4.73. The number of amides is 4. The van der Waals surface area contributed by atoms with Gasteiger partial charge in [0.05, 0.1) is 18.4 Å². The first-order valence-corrected chi connectivity index (χ1v) is 10.6. The van der Waals surface area contributed by atoms with Crippen LogP contribution < -0.4 is 16.0 Å². The van der Waals surface area contributed by atoms with Gasteiger partial charge < -0.3 is 20.9 Å². The number of carbonyl (C=O) groups excluding carboxylic acids is 3. The molecule has 2 bridgehead atoms. The fourth-order valence-corrected chi connectivity index (χ4v) is 3.83. The molecule has 1 aromatic rings. The molecule has 16 nitrogen and oxygen atoms in total. The largest absolute Gasteiger partial charge is 0.433 e. The molecule has 0 radical (unpaired) electrons. The van der Waals surface area contributed by atoms with Crippen molar-refractivity contribution in [3.8, 4) is 0 Å². The molecule has 4 amide bonds. The van der Waals surface area contributed by atoms with Crippen LogP contribution in [0.3, 0.4) is 0 Å². The van der Waals surface area contributed by atoms with Gasteiger partial charge in [-0.2, -0.15) is 18.6 Å². The number of hydroxylamine groups is 2. The van der Waals surface area contributed by atoms with Crippen LogP contribution in [0.2, 0.25) is 0 Å². The van der Waals surface area contributed by atoms with Gasteiger partial charge in [0.25, 0.3) is 0 Å². The summed E-state index contributed by atoms with van der Waals surface area (Å²) in [4.78, 5) is 41.6. The van der Waals surface area contributed by atoms with E-state index in [9.17, 15) is 22.8 Å². The smallest absolute Gasteiger partial charge is 0.372 e. The third-order valence-electron chi connectivity index (χ3n) is 4.72. The molecular formula is C15H22N8O8S. The zero-order chi connectivity index (χ0) is 23.6. The summed E-state index contributed by atoms with van der Waals surface area (Å²) >= 11 is 0. The SMILES string of the molecule is CN/C(=N\OC(=O)NCCNC(C)=O)[C@@H]1c2c(cnn2C)[C@@H]2CN1C(=O)N2OS(=O)(=O)O. The molecule has 0 aromatic carbocycles. The van der Waals surface area contributed by atoms with Gasteiger partial charge in [0, 0.05) is 39.7 Å². The van der Waals surface area contributed by atoms with E-state index < -0.39 is 34.6 Å². The number of nitrogens with one attached hydrogen (secondary N) is 3. The Hall–Kier alpha value is -3.44. The maximum atomic E-state index is 12.8. The average molecular weight is 474 g/mol. The monoisotopic (exact) mass is 474 g/mol. The minimum atomic E-state index is -4.95. The van der Waals surface area contributed by atoms with Gasteiger partial charge in [-0.25, -0.2) is 9.59 Å². The molecule has 3 heterocycles. The summed E-state index contributed by atoms with van der Waals surface area (Å²) < 4.78 is 37.4. The number of nitrogens with zero attached hydrogens (tertiary/aromatic N) is 5. The van der Waals surface area contributed by atoms with Crippen LogP contribution in [0.5, 0.6) is 0 Å². The lowest BCUT2D eigenvalue weighted by Gasteiger charge is -2.31. The van der Waals surface area contributed by atoms with E-state index in [1.54, 1.807) is 7.05 Å². The lowest BCUT2D eigenvalue weighted by molar-refractivity contribution is -0.118. The Morgan fingerprint density at radius 2 is 2.03 bits per heavy atom.